The lowest BCUT2D eigenvalue weighted by molar-refractivity contribution is -0.286. The number of fused-ring (bicyclic) bond motifs is 2. The molecular weight excluding hydrogens is 418 g/mol. The Labute approximate surface area is 161 Å². The molecule has 148 valence electrons. The summed E-state index contributed by atoms with van der Waals surface area (Å²) in [6.45, 7) is 2.89. The topological polar surface area (TPSA) is 120 Å². The second kappa shape index (κ2) is 5.91. The van der Waals surface area contributed by atoms with E-state index in [0.717, 1.165) is 27.9 Å². The summed E-state index contributed by atoms with van der Waals surface area (Å²) in [6.07, 6.45) is -2.28. The molecule has 0 saturated heterocycles. The van der Waals surface area contributed by atoms with Crippen molar-refractivity contribution in [2.45, 2.75) is 25.0 Å². The molecular formula is C15H12F2N4O5S2. The van der Waals surface area contributed by atoms with Crippen LogP contribution in [0.4, 0.5) is 8.78 Å². The fraction of sp³-hybridized carbons (Fsp3) is 0.267. The number of hydrogen-bond acceptors (Lipinski definition) is 9. The highest BCUT2D eigenvalue weighted by Crippen LogP contribution is 2.44. The third-order valence-electron chi connectivity index (χ3n) is 4.01. The van der Waals surface area contributed by atoms with Gasteiger partial charge in [-0.1, -0.05) is 5.16 Å². The Morgan fingerprint density at radius 3 is 2.46 bits per heavy atom. The van der Waals surface area contributed by atoms with Gasteiger partial charge in [-0.2, -0.15) is 0 Å². The molecule has 0 amide bonds. The third kappa shape index (κ3) is 2.64. The van der Waals surface area contributed by atoms with Crippen LogP contribution in [-0.4, -0.2) is 40.1 Å². The van der Waals surface area contributed by atoms with Crippen LogP contribution in [0.3, 0.4) is 0 Å². The van der Waals surface area contributed by atoms with Crippen LogP contribution >= 0.6 is 11.8 Å². The van der Waals surface area contributed by atoms with Gasteiger partial charge < -0.3 is 14.0 Å². The highest BCUT2D eigenvalue weighted by Gasteiger charge is 2.44. The van der Waals surface area contributed by atoms with Gasteiger partial charge in [-0.05, 0) is 20.1 Å². The first-order valence-corrected chi connectivity index (χ1v) is 10.4. The SMILES string of the molecule is CSC(=N)c1nc2cc3c(cc2n1S(=O)(=O)c1c(C)noc1C)OC(F)(F)O3. The number of imidazole rings is 1. The van der Waals surface area contributed by atoms with Gasteiger partial charge in [0.25, 0.3) is 10.0 Å². The summed E-state index contributed by atoms with van der Waals surface area (Å²) in [7, 11) is -4.31. The number of aryl methyl sites for hydroxylation is 2. The minimum atomic E-state index is -4.31. The van der Waals surface area contributed by atoms with Crippen LogP contribution in [0.25, 0.3) is 11.0 Å². The third-order valence-corrected chi connectivity index (χ3v) is 6.55. The van der Waals surface area contributed by atoms with Crippen LogP contribution in [0.1, 0.15) is 17.3 Å². The van der Waals surface area contributed by atoms with Gasteiger partial charge in [-0.25, -0.2) is 17.4 Å². The van der Waals surface area contributed by atoms with E-state index in [2.05, 4.69) is 19.6 Å². The summed E-state index contributed by atoms with van der Waals surface area (Å²) in [5.41, 5.74) is 0.117. The van der Waals surface area contributed by atoms with E-state index < -0.39 is 16.3 Å². The van der Waals surface area contributed by atoms with Crippen LogP contribution < -0.4 is 9.47 Å². The smallest absolute Gasteiger partial charge is 0.395 e. The molecule has 2 aromatic heterocycles. The van der Waals surface area contributed by atoms with Crippen LogP contribution in [0, 0.1) is 19.3 Å². The molecule has 1 aliphatic heterocycles. The summed E-state index contributed by atoms with van der Waals surface area (Å²) >= 11 is 0.971. The lowest BCUT2D eigenvalue weighted by Gasteiger charge is -2.10. The number of nitrogens with zero attached hydrogens (tertiary/aromatic N) is 3. The highest BCUT2D eigenvalue weighted by molar-refractivity contribution is 8.13. The number of aromatic nitrogens is 3. The van der Waals surface area contributed by atoms with Crippen molar-refractivity contribution in [3.05, 3.63) is 29.4 Å². The molecule has 0 atom stereocenters. The maximum absolute atomic E-state index is 13.4. The fourth-order valence-electron chi connectivity index (χ4n) is 2.91. The Morgan fingerprint density at radius 2 is 1.89 bits per heavy atom. The van der Waals surface area contributed by atoms with Gasteiger partial charge >= 0.3 is 6.29 Å². The Balaban J connectivity index is 2.05. The zero-order valence-electron chi connectivity index (χ0n) is 14.6. The average Bonchev–Trinajstić information content (AvgIpc) is 3.23. The second-order valence-corrected chi connectivity index (χ2v) is 8.39. The summed E-state index contributed by atoms with van der Waals surface area (Å²) in [6, 6.07) is 2.23. The highest BCUT2D eigenvalue weighted by atomic mass is 32.2. The number of hydrogen-bond donors (Lipinski definition) is 1. The molecule has 1 aromatic carbocycles. The molecule has 0 spiro atoms. The normalized spacial score (nSPS) is 15.3. The molecule has 0 radical (unpaired) electrons. The standard InChI is InChI=1S/C15H12F2N4O5S2/c1-6-12(7(2)26-20-6)28(22,23)21-9-5-11-10(24-15(16,17)25-11)4-8(9)19-14(21)13(18)27-3/h4-5,18H,1-3H3. The van der Waals surface area contributed by atoms with Crippen LogP contribution in [0.15, 0.2) is 21.6 Å². The van der Waals surface area contributed by atoms with E-state index >= 15 is 0 Å². The minimum Gasteiger partial charge on any atom is -0.395 e. The molecule has 28 heavy (non-hydrogen) atoms. The van der Waals surface area contributed by atoms with E-state index in [1.165, 1.54) is 13.8 Å². The van der Waals surface area contributed by atoms with Crippen LogP contribution in [0.2, 0.25) is 0 Å². The van der Waals surface area contributed by atoms with Crippen molar-refractivity contribution in [1.29, 1.82) is 5.41 Å². The Morgan fingerprint density at radius 1 is 1.25 bits per heavy atom. The van der Waals surface area contributed by atoms with E-state index in [4.69, 9.17) is 9.93 Å². The van der Waals surface area contributed by atoms with Gasteiger partial charge in [-0.15, -0.1) is 20.5 Å². The number of ether oxygens (including phenoxy) is 2. The Kier molecular flexibility index (Phi) is 3.94. The molecule has 9 nitrogen and oxygen atoms in total. The minimum absolute atomic E-state index is 0.0455. The first kappa shape index (κ1) is 18.7. The Bertz CT molecular complexity index is 1230. The van der Waals surface area contributed by atoms with Crippen LogP contribution in [-0.2, 0) is 10.0 Å². The molecule has 0 saturated carbocycles. The number of halogens is 2. The molecule has 13 heteroatoms. The van der Waals surface area contributed by atoms with Crippen molar-refractivity contribution in [3.63, 3.8) is 0 Å². The van der Waals surface area contributed by atoms with Crippen molar-refractivity contribution in [1.82, 2.24) is 14.1 Å². The van der Waals surface area contributed by atoms with Gasteiger partial charge in [0.05, 0.1) is 11.0 Å². The monoisotopic (exact) mass is 430 g/mol. The molecule has 1 aliphatic rings. The number of alkyl halides is 2. The van der Waals surface area contributed by atoms with E-state index in [9.17, 15) is 17.2 Å². The van der Waals surface area contributed by atoms with E-state index in [1.54, 1.807) is 6.26 Å². The molecule has 4 rings (SSSR count). The van der Waals surface area contributed by atoms with Gasteiger partial charge in [-0.3, -0.25) is 5.41 Å². The van der Waals surface area contributed by atoms with Crippen molar-refractivity contribution in [2.24, 2.45) is 0 Å². The lowest BCUT2D eigenvalue weighted by Crippen LogP contribution is -2.26. The van der Waals surface area contributed by atoms with E-state index in [-0.39, 0.29) is 49.8 Å². The predicted molar refractivity (Wildman–Crippen MR) is 94.8 cm³/mol. The van der Waals surface area contributed by atoms with Crippen molar-refractivity contribution in [2.75, 3.05) is 6.26 Å². The summed E-state index contributed by atoms with van der Waals surface area (Å²) < 4.78 is 68.1. The van der Waals surface area contributed by atoms with Crippen LogP contribution in [0.5, 0.6) is 11.5 Å². The summed E-state index contributed by atoms with van der Waals surface area (Å²) in [4.78, 5) is 3.96. The summed E-state index contributed by atoms with van der Waals surface area (Å²) in [5.74, 6) is -0.750. The summed E-state index contributed by atoms with van der Waals surface area (Å²) in [5, 5.41) is 11.6. The van der Waals surface area contributed by atoms with Gasteiger partial charge in [0.2, 0.25) is 0 Å². The number of thioether (sulfide) groups is 1. The number of benzene rings is 1. The van der Waals surface area contributed by atoms with Gasteiger partial charge in [0.1, 0.15) is 10.7 Å². The van der Waals surface area contributed by atoms with Gasteiger partial charge in [0, 0.05) is 12.1 Å². The predicted octanol–water partition coefficient (Wildman–Crippen LogP) is 2.89. The van der Waals surface area contributed by atoms with E-state index in [1.807, 2.05) is 0 Å². The van der Waals surface area contributed by atoms with Crippen molar-refractivity contribution < 1.29 is 31.2 Å². The van der Waals surface area contributed by atoms with Crippen molar-refractivity contribution in [3.8, 4) is 11.5 Å². The Hall–Kier alpha value is -2.67. The molecule has 1 N–H and O–H groups in total. The first-order chi connectivity index (χ1) is 13.0. The second-order valence-electron chi connectivity index (χ2n) is 5.85. The molecule has 3 heterocycles. The zero-order valence-corrected chi connectivity index (χ0v) is 16.2. The van der Waals surface area contributed by atoms with Gasteiger partial charge in [0.15, 0.2) is 28.0 Å². The zero-order chi connectivity index (χ0) is 20.4. The quantitative estimate of drug-likeness (QED) is 0.497. The maximum atomic E-state index is 13.4. The first-order valence-electron chi connectivity index (χ1n) is 7.69. The average molecular weight is 430 g/mol. The molecule has 0 bridgehead atoms. The number of rotatable bonds is 3. The number of nitrogens with one attached hydrogen (secondary N) is 1. The van der Waals surface area contributed by atoms with E-state index in [0.29, 0.717) is 0 Å². The largest absolute Gasteiger partial charge is 0.586 e. The molecule has 0 fully saturated rings. The van der Waals surface area contributed by atoms with Crippen molar-refractivity contribution >= 4 is 37.9 Å². The lowest BCUT2D eigenvalue weighted by atomic mass is 10.3. The fourth-order valence-corrected chi connectivity index (χ4v) is 5.05. The molecule has 0 unspecified atom stereocenters. The molecule has 3 aromatic rings. The molecule has 0 aliphatic carbocycles. The maximum Gasteiger partial charge on any atom is 0.586 e.